The third-order valence-corrected chi connectivity index (χ3v) is 4.88. The predicted molar refractivity (Wildman–Crippen MR) is 70.6 cm³/mol. The van der Waals surface area contributed by atoms with Gasteiger partial charge in [-0.15, -0.1) is 0 Å². The molecule has 3 aliphatic rings. The molecule has 1 saturated heterocycles. The lowest BCUT2D eigenvalue weighted by atomic mass is 9.77. The first kappa shape index (κ1) is 11.0. The molecule has 2 fully saturated rings. The van der Waals surface area contributed by atoms with Gasteiger partial charge in [0.1, 0.15) is 0 Å². The second-order valence-electron chi connectivity index (χ2n) is 5.77. The number of allylic oxidation sites excluding steroid dienone is 2. The van der Waals surface area contributed by atoms with E-state index < -0.39 is 0 Å². The van der Waals surface area contributed by atoms with E-state index in [4.69, 9.17) is 0 Å². The average Bonchev–Trinajstić information content (AvgIpc) is 3.13. The van der Waals surface area contributed by atoms with E-state index in [2.05, 4.69) is 6.07 Å². The number of hydrogen-bond acceptors (Lipinski definition) is 2. The molecule has 0 N–H and O–H groups in total. The van der Waals surface area contributed by atoms with Crippen molar-refractivity contribution in [3.05, 3.63) is 47.2 Å². The molecule has 0 aromatic heterocycles. The molecule has 2 atom stereocenters. The Morgan fingerprint density at radius 3 is 2.95 bits per heavy atom. The zero-order valence-corrected chi connectivity index (χ0v) is 10.8. The first-order valence-corrected chi connectivity index (χ1v) is 6.79. The first-order chi connectivity index (χ1) is 9.14. The summed E-state index contributed by atoms with van der Waals surface area (Å²) in [6, 6.07) is 7.87. The van der Waals surface area contributed by atoms with Gasteiger partial charge in [0.2, 0.25) is 5.91 Å². The second kappa shape index (κ2) is 3.35. The fourth-order valence-electron chi connectivity index (χ4n) is 3.93. The van der Waals surface area contributed by atoms with E-state index >= 15 is 0 Å². The van der Waals surface area contributed by atoms with E-state index in [-0.39, 0.29) is 17.1 Å². The van der Waals surface area contributed by atoms with Crippen molar-refractivity contribution in [3.63, 3.8) is 0 Å². The van der Waals surface area contributed by atoms with Crippen molar-refractivity contribution in [1.82, 2.24) is 4.90 Å². The van der Waals surface area contributed by atoms with Crippen LogP contribution >= 0.6 is 0 Å². The molecule has 1 aromatic rings. The van der Waals surface area contributed by atoms with Crippen molar-refractivity contribution in [3.8, 4) is 0 Å². The molecule has 0 unspecified atom stereocenters. The summed E-state index contributed by atoms with van der Waals surface area (Å²) >= 11 is 0. The van der Waals surface area contributed by atoms with Gasteiger partial charge < -0.3 is 4.90 Å². The third kappa shape index (κ3) is 1.23. The number of nitrogens with zero attached hydrogens (tertiary/aromatic N) is 1. The highest BCUT2D eigenvalue weighted by molar-refractivity contribution is 6.09. The molecular formula is C16H15NO2. The molecule has 1 saturated carbocycles. The molecule has 0 bridgehead atoms. The standard InChI is InChI=1S/C16H15NO2/c1-10(18)17-7-6-11-9-16(11)13-5-3-2-4-12(13)14(19)8-15(16)17/h2-5,8,11H,6-7,9H2,1H3/t11-,16+/m0/s1. The van der Waals surface area contributed by atoms with E-state index in [0.29, 0.717) is 5.92 Å². The predicted octanol–water partition coefficient (Wildman–Crippen LogP) is 2.28. The highest BCUT2D eigenvalue weighted by Gasteiger charge is 2.63. The Balaban J connectivity index is 1.94. The number of benzene rings is 1. The number of ketones is 1. The molecule has 2 aliphatic carbocycles. The zero-order chi connectivity index (χ0) is 13.2. The summed E-state index contributed by atoms with van der Waals surface area (Å²) in [5.41, 5.74) is 2.85. The van der Waals surface area contributed by atoms with Crippen LogP contribution in [0.4, 0.5) is 0 Å². The van der Waals surface area contributed by atoms with E-state index in [1.165, 1.54) is 0 Å². The second-order valence-corrected chi connectivity index (χ2v) is 5.77. The number of carbonyl (C=O) groups excluding carboxylic acids is 2. The highest BCUT2D eigenvalue weighted by Crippen LogP contribution is 2.65. The Labute approximate surface area is 111 Å². The summed E-state index contributed by atoms with van der Waals surface area (Å²) < 4.78 is 0. The Morgan fingerprint density at radius 2 is 2.16 bits per heavy atom. The SMILES string of the molecule is CC(=O)N1CC[C@H]2C[C@@]23C1=CC(=O)c1ccccc13. The van der Waals surface area contributed by atoms with Gasteiger partial charge in [-0.05, 0) is 24.3 Å². The van der Waals surface area contributed by atoms with Gasteiger partial charge >= 0.3 is 0 Å². The fourth-order valence-corrected chi connectivity index (χ4v) is 3.93. The molecule has 3 nitrogen and oxygen atoms in total. The molecule has 1 aliphatic heterocycles. The number of piperidine rings is 1. The summed E-state index contributed by atoms with van der Waals surface area (Å²) in [6.07, 6.45) is 3.81. The molecule has 3 heteroatoms. The minimum Gasteiger partial charge on any atom is -0.315 e. The Bertz CT molecular complexity index is 646. The van der Waals surface area contributed by atoms with Crippen molar-refractivity contribution < 1.29 is 9.59 Å². The fraction of sp³-hybridized carbons (Fsp3) is 0.375. The molecule has 4 rings (SSSR count). The maximum absolute atomic E-state index is 12.3. The van der Waals surface area contributed by atoms with Crippen LogP contribution in [0.15, 0.2) is 36.0 Å². The number of likely N-dealkylation sites (tertiary alicyclic amines) is 1. The van der Waals surface area contributed by atoms with Gasteiger partial charge in [-0.3, -0.25) is 9.59 Å². The summed E-state index contributed by atoms with van der Waals surface area (Å²) in [5.74, 6) is 0.682. The molecule has 1 spiro atoms. The topological polar surface area (TPSA) is 37.4 Å². The van der Waals surface area contributed by atoms with Crippen LogP contribution in [-0.4, -0.2) is 23.1 Å². The van der Waals surface area contributed by atoms with Gasteiger partial charge in [0.25, 0.3) is 0 Å². The van der Waals surface area contributed by atoms with E-state index in [0.717, 1.165) is 36.2 Å². The van der Waals surface area contributed by atoms with E-state index in [1.807, 2.05) is 18.2 Å². The van der Waals surface area contributed by atoms with Crippen molar-refractivity contribution in [1.29, 1.82) is 0 Å². The van der Waals surface area contributed by atoms with Crippen LogP contribution in [0.2, 0.25) is 0 Å². The third-order valence-electron chi connectivity index (χ3n) is 4.88. The van der Waals surface area contributed by atoms with Crippen LogP contribution in [0, 0.1) is 5.92 Å². The van der Waals surface area contributed by atoms with E-state index in [1.54, 1.807) is 17.9 Å². The Kier molecular flexibility index (Phi) is 1.93. The lowest BCUT2D eigenvalue weighted by molar-refractivity contribution is -0.127. The minimum atomic E-state index is -0.0472. The van der Waals surface area contributed by atoms with Crippen LogP contribution in [0.3, 0.4) is 0 Å². The molecule has 96 valence electrons. The molecule has 0 radical (unpaired) electrons. The number of amides is 1. The van der Waals surface area contributed by atoms with Crippen molar-refractivity contribution in [2.45, 2.75) is 25.2 Å². The normalized spacial score (nSPS) is 31.0. The van der Waals surface area contributed by atoms with Gasteiger partial charge in [0, 0.05) is 36.2 Å². The Hall–Kier alpha value is -1.90. The van der Waals surface area contributed by atoms with Crippen LogP contribution in [0.5, 0.6) is 0 Å². The van der Waals surface area contributed by atoms with Gasteiger partial charge in [0.05, 0.1) is 0 Å². The lowest BCUT2D eigenvalue weighted by Gasteiger charge is -2.38. The van der Waals surface area contributed by atoms with Crippen LogP contribution < -0.4 is 0 Å². The summed E-state index contributed by atoms with van der Waals surface area (Å²) in [7, 11) is 0. The van der Waals surface area contributed by atoms with Gasteiger partial charge in [0.15, 0.2) is 5.78 Å². The quantitative estimate of drug-likeness (QED) is 0.711. The zero-order valence-electron chi connectivity index (χ0n) is 10.8. The number of fused-ring (bicyclic) bond motifs is 1. The lowest BCUT2D eigenvalue weighted by Crippen LogP contribution is -2.42. The van der Waals surface area contributed by atoms with Crippen LogP contribution in [0.1, 0.15) is 35.7 Å². The molecule has 1 heterocycles. The maximum Gasteiger partial charge on any atom is 0.223 e. The number of rotatable bonds is 0. The van der Waals surface area contributed by atoms with Gasteiger partial charge in [-0.1, -0.05) is 24.3 Å². The molecule has 1 aromatic carbocycles. The maximum atomic E-state index is 12.3. The van der Waals surface area contributed by atoms with Crippen molar-refractivity contribution in [2.24, 2.45) is 5.92 Å². The van der Waals surface area contributed by atoms with Crippen molar-refractivity contribution >= 4 is 11.7 Å². The molecule has 1 amide bonds. The summed E-state index contributed by atoms with van der Waals surface area (Å²) in [6.45, 7) is 2.34. The number of carbonyl (C=O) groups is 2. The minimum absolute atomic E-state index is 0.0371. The summed E-state index contributed by atoms with van der Waals surface area (Å²) in [4.78, 5) is 25.9. The number of hydrogen-bond donors (Lipinski definition) is 0. The van der Waals surface area contributed by atoms with Gasteiger partial charge in [-0.2, -0.15) is 0 Å². The monoisotopic (exact) mass is 253 g/mol. The Morgan fingerprint density at radius 1 is 1.37 bits per heavy atom. The largest absolute Gasteiger partial charge is 0.315 e. The van der Waals surface area contributed by atoms with Crippen LogP contribution in [-0.2, 0) is 10.2 Å². The smallest absolute Gasteiger partial charge is 0.223 e. The van der Waals surface area contributed by atoms with Crippen molar-refractivity contribution in [2.75, 3.05) is 6.54 Å². The van der Waals surface area contributed by atoms with Crippen LogP contribution in [0.25, 0.3) is 0 Å². The first-order valence-electron chi connectivity index (χ1n) is 6.79. The molecule has 19 heavy (non-hydrogen) atoms. The van der Waals surface area contributed by atoms with E-state index in [9.17, 15) is 9.59 Å². The average molecular weight is 253 g/mol. The van der Waals surface area contributed by atoms with Gasteiger partial charge in [-0.25, -0.2) is 0 Å². The highest BCUT2D eigenvalue weighted by atomic mass is 16.2. The molecular weight excluding hydrogens is 238 g/mol. The summed E-state index contributed by atoms with van der Waals surface area (Å²) in [5, 5.41) is 0.